The van der Waals surface area contributed by atoms with Crippen LogP contribution in [0.3, 0.4) is 0 Å². The lowest BCUT2D eigenvalue weighted by molar-refractivity contribution is -0.125. The van der Waals surface area contributed by atoms with Crippen LogP contribution in [0.2, 0.25) is 0 Å². The average molecular weight is 376 g/mol. The number of nitrogens with one attached hydrogen (secondary N) is 2. The Morgan fingerprint density at radius 3 is 2.58 bits per heavy atom. The summed E-state index contributed by atoms with van der Waals surface area (Å²) in [5, 5.41) is 5.25. The minimum absolute atomic E-state index is 0. The molecule has 24 heavy (non-hydrogen) atoms. The Labute approximate surface area is 153 Å². The van der Waals surface area contributed by atoms with E-state index in [-0.39, 0.29) is 49.1 Å². The highest BCUT2D eigenvalue weighted by Crippen LogP contribution is 2.17. The molecule has 0 spiro atoms. The molecule has 0 aliphatic carbocycles. The van der Waals surface area contributed by atoms with E-state index in [4.69, 9.17) is 5.73 Å². The predicted octanol–water partition coefficient (Wildman–Crippen LogP) is 1.45. The van der Waals surface area contributed by atoms with Gasteiger partial charge in [-0.2, -0.15) is 0 Å². The molecule has 1 heterocycles. The molecule has 0 fully saturated rings. The van der Waals surface area contributed by atoms with Crippen molar-refractivity contribution in [2.75, 3.05) is 11.9 Å². The molecular formula is C15H23Cl2N5O2. The molecule has 2 aromatic rings. The van der Waals surface area contributed by atoms with Crippen LogP contribution in [0.15, 0.2) is 24.5 Å². The molecule has 1 atom stereocenters. The Kier molecular flexibility index (Phi) is 8.74. The highest BCUT2D eigenvalue weighted by Gasteiger charge is 2.17. The molecule has 4 N–H and O–H groups in total. The minimum Gasteiger partial charge on any atom is -0.346 e. The second kappa shape index (κ2) is 9.46. The highest BCUT2D eigenvalue weighted by atomic mass is 35.5. The van der Waals surface area contributed by atoms with E-state index in [2.05, 4.69) is 15.6 Å². The van der Waals surface area contributed by atoms with Crippen molar-refractivity contribution in [2.45, 2.75) is 19.9 Å². The third-order valence-electron chi connectivity index (χ3n) is 3.45. The lowest BCUT2D eigenvalue weighted by Gasteiger charge is -2.15. The van der Waals surface area contributed by atoms with Gasteiger partial charge in [0.05, 0.1) is 29.9 Å². The molecule has 0 aliphatic heterocycles. The quantitative estimate of drug-likeness (QED) is 0.735. The zero-order valence-electron chi connectivity index (χ0n) is 13.8. The molecule has 9 heteroatoms. The van der Waals surface area contributed by atoms with Gasteiger partial charge in [-0.3, -0.25) is 9.59 Å². The van der Waals surface area contributed by atoms with E-state index in [9.17, 15) is 9.59 Å². The van der Waals surface area contributed by atoms with Crippen LogP contribution >= 0.6 is 24.8 Å². The molecule has 2 rings (SSSR count). The van der Waals surface area contributed by atoms with E-state index in [1.54, 1.807) is 18.5 Å². The number of hydrogen-bond donors (Lipinski definition) is 3. The van der Waals surface area contributed by atoms with Crippen molar-refractivity contribution in [1.29, 1.82) is 0 Å². The number of nitrogens with zero attached hydrogens (tertiary/aromatic N) is 2. The zero-order valence-corrected chi connectivity index (χ0v) is 15.4. The fourth-order valence-electron chi connectivity index (χ4n) is 2.01. The van der Waals surface area contributed by atoms with Crippen molar-refractivity contribution in [2.24, 2.45) is 18.7 Å². The summed E-state index contributed by atoms with van der Waals surface area (Å²) in [4.78, 5) is 27.8. The third-order valence-corrected chi connectivity index (χ3v) is 3.45. The van der Waals surface area contributed by atoms with Crippen molar-refractivity contribution in [3.8, 4) is 0 Å². The molecule has 0 aliphatic rings. The van der Waals surface area contributed by atoms with Gasteiger partial charge in [-0.15, -0.1) is 24.8 Å². The topological polar surface area (TPSA) is 102 Å². The van der Waals surface area contributed by atoms with Gasteiger partial charge in [0.1, 0.15) is 0 Å². The molecule has 0 saturated heterocycles. The number of rotatable bonds is 5. The summed E-state index contributed by atoms with van der Waals surface area (Å²) >= 11 is 0. The lowest BCUT2D eigenvalue weighted by Crippen LogP contribution is -2.46. The van der Waals surface area contributed by atoms with Gasteiger partial charge < -0.3 is 20.9 Å². The van der Waals surface area contributed by atoms with Crippen LogP contribution in [0.1, 0.15) is 13.8 Å². The first-order chi connectivity index (χ1) is 10.4. The summed E-state index contributed by atoms with van der Waals surface area (Å²) in [6.07, 6.45) is 1.71. The molecule has 1 aromatic carbocycles. The number of halogens is 2. The first-order valence-corrected chi connectivity index (χ1v) is 7.12. The number of benzene rings is 1. The fourth-order valence-corrected chi connectivity index (χ4v) is 2.01. The van der Waals surface area contributed by atoms with Crippen LogP contribution in [0.5, 0.6) is 0 Å². The van der Waals surface area contributed by atoms with Crippen LogP contribution < -0.4 is 16.4 Å². The first kappa shape index (κ1) is 22.2. The Bertz CT molecular complexity index is 702. The number of carbonyl (C=O) groups excluding carboxylic acids is 2. The van der Waals surface area contributed by atoms with Gasteiger partial charge in [0.2, 0.25) is 11.8 Å². The van der Waals surface area contributed by atoms with Gasteiger partial charge in [-0.1, -0.05) is 13.8 Å². The second-order valence-electron chi connectivity index (χ2n) is 5.59. The molecule has 7 nitrogen and oxygen atoms in total. The van der Waals surface area contributed by atoms with E-state index < -0.39 is 6.04 Å². The molecule has 0 saturated carbocycles. The smallest absolute Gasteiger partial charge is 0.243 e. The molecule has 134 valence electrons. The maximum Gasteiger partial charge on any atom is 0.243 e. The lowest BCUT2D eigenvalue weighted by atomic mass is 10.1. The number of anilines is 1. The molecular weight excluding hydrogens is 353 g/mol. The number of aromatic nitrogens is 2. The summed E-state index contributed by atoms with van der Waals surface area (Å²) in [6, 6.07) is 4.85. The number of fused-ring (bicyclic) bond motifs is 1. The SMILES string of the molecule is CC(C)[C@H](N)C(=O)NCC(=O)Nc1ccc2c(c1)ncn2C.Cl.Cl. The van der Waals surface area contributed by atoms with E-state index in [0.29, 0.717) is 5.69 Å². The van der Waals surface area contributed by atoms with Crippen LogP contribution in [-0.4, -0.2) is 34.0 Å². The summed E-state index contributed by atoms with van der Waals surface area (Å²) in [6.45, 7) is 3.60. The normalized spacial score (nSPS) is 11.4. The molecule has 2 amide bonds. The van der Waals surface area contributed by atoms with Crippen LogP contribution in [0.4, 0.5) is 5.69 Å². The number of imidazole rings is 1. The summed E-state index contributed by atoms with van der Waals surface area (Å²) in [5.74, 6) is -0.612. The van der Waals surface area contributed by atoms with E-state index in [0.717, 1.165) is 11.0 Å². The van der Waals surface area contributed by atoms with Gasteiger partial charge in [0.15, 0.2) is 0 Å². The number of amides is 2. The largest absolute Gasteiger partial charge is 0.346 e. The van der Waals surface area contributed by atoms with E-state index in [1.807, 2.05) is 31.5 Å². The highest BCUT2D eigenvalue weighted by molar-refractivity contribution is 5.96. The van der Waals surface area contributed by atoms with Crippen molar-refractivity contribution >= 4 is 53.3 Å². The van der Waals surface area contributed by atoms with Crippen molar-refractivity contribution < 1.29 is 9.59 Å². The summed E-state index contributed by atoms with van der Waals surface area (Å²) < 4.78 is 1.90. The Hall–Kier alpha value is -1.83. The van der Waals surface area contributed by atoms with Crippen molar-refractivity contribution in [1.82, 2.24) is 14.9 Å². The van der Waals surface area contributed by atoms with Gasteiger partial charge in [0.25, 0.3) is 0 Å². The van der Waals surface area contributed by atoms with Crippen molar-refractivity contribution in [3.05, 3.63) is 24.5 Å². The zero-order chi connectivity index (χ0) is 16.3. The number of aryl methyl sites for hydroxylation is 1. The summed E-state index contributed by atoms with van der Waals surface area (Å²) in [7, 11) is 1.90. The van der Waals surface area contributed by atoms with Gasteiger partial charge in [0, 0.05) is 12.7 Å². The second-order valence-corrected chi connectivity index (χ2v) is 5.59. The molecule has 0 bridgehead atoms. The van der Waals surface area contributed by atoms with Crippen molar-refractivity contribution in [3.63, 3.8) is 0 Å². The first-order valence-electron chi connectivity index (χ1n) is 7.12. The number of hydrogen-bond acceptors (Lipinski definition) is 4. The maximum atomic E-state index is 11.9. The van der Waals surface area contributed by atoms with Gasteiger partial charge in [-0.05, 0) is 24.1 Å². The van der Waals surface area contributed by atoms with Crippen LogP contribution in [0.25, 0.3) is 11.0 Å². The Balaban J connectivity index is 0.00000264. The van der Waals surface area contributed by atoms with Gasteiger partial charge >= 0.3 is 0 Å². The maximum absolute atomic E-state index is 11.9. The van der Waals surface area contributed by atoms with Gasteiger partial charge in [-0.25, -0.2) is 4.98 Å². The Morgan fingerprint density at radius 1 is 1.29 bits per heavy atom. The monoisotopic (exact) mass is 375 g/mol. The molecule has 0 unspecified atom stereocenters. The Morgan fingerprint density at radius 2 is 1.96 bits per heavy atom. The van der Waals surface area contributed by atoms with E-state index >= 15 is 0 Å². The standard InChI is InChI=1S/C15H21N5O2.2ClH/c1-9(2)14(16)15(22)17-7-13(21)19-10-4-5-12-11(6-10)18-8-20(12)3;;/h4-6,8-9,14H,7,16H2,1-3H3,(H,17,22)(H,19,21);2*1H/t14-;;/m0../s1. The van der Waals surface area contributed by atoms with Crippen LogP contribution in [-0.2, 0) is 16.6 Å². The minimum atomic E-state index is -0.613. The summed E-state index contributed by atoms with van der Waals surface area (Å²) in [5.41, 5.74) is 8.12. The fraction of sp³-hybridized carbons (Fsp3) is 0.400. The predicted molar refractivity (Wildman–Crippen MR) is 99.7 cm³/mol. The van der Waals surface area contributed by atoms with E-state index in [1.165, 1.54) is 0 Å². The third kappa shape index (κ3) is 5.36. The molecule has 1 aromatic heterocycles. The number of carbonyl (C=O) groups is 2. The van der Waals surface area contributed by atoms with Crippen LogP contribution in [0, 0.1) is 5.92 Å². The number of nitrogens with two attached hydrogens (primary N) is 1. The molecule has 0 radical (unpaired) electrons. The average Bonchev–Trinajstić information content (AvgIpc) is 2.84.